The molecule has 4 rings (SSSR count). The largest absolute Gasteiger partial charge is 0.349 e. The number of hydrogen-bond acceptors (Lipinski definition) is 2. The van der Waals surface area contributed by atoms with Crippen molar-refractivity contribution in [2.24, 2.45) is 0 Å². The number of rotatable bonds is 1. The summed E-state index contributed by atoms with van der Waals surface area (Å²) in [5.41, 5.74) is 8.61. The van der Waals surface area contributed by atoms with Crippen LogP contribution in [0.3, 0.4) is 0 Å². The molecular formula is C21H26N2. The van der Waals surface area contributed by atoms with E-state index in [9.17, 15) is 0 Å². The van der Waals surface area contributed by atoms with Gasteiger partial charge >= 0.3 is 0 Å². The second-order valence-corrected chi connectivity index (χ2v) is 7.33. The van der Waals surface area contributed by atoms with E-state index in [1.54, 1.807) is 0 Å². The SMILES string of the molecule is Cc1cc(C)c(C)c(N2C3CC(c4ccccc43)N(C)C2C)c1. The summed E-state index contributed by atoms with van der Waals surface area (Å²) in [6, 6.07) is 14.8. The zero-order valence-corrected chi connectivity index (χ0v) is 14.8. The minimum atomic E-state index is 0.408. The molecule has 2 aliphatic rings. The van der Waals surface area contributed by atoms with Crippen LogP contribution in [0.5, 0.6) is 0 Å². The Kier molecular flexibility index (Phi) is 3.28. The van der Waals surface area contributed by atoms with Crippen LogP contribution in [0.15, 0.2) is 36.4 Å². The highest BCUT2D eigenvalue weighted by atomic mass is 15.4. The lowest BCUT2D eigenvalue weighted by atomic mass is 9.98. The summed E-state index contributed by atoms with van der Waals surface area (Å²) >= 11 is 0. The molecule has 1 saturated heterocycles. The maximum atomic E-state index is 2.65. The van der Waals surface area contributed by atoms with Crippen LogP contribution in [0.4, 0.5) is 5.69 Å². The first-order valence-corrected chi connectivity index (χ1v) is 8.66. The number of nitrogens with zero attached hydrogens (tertiary/aromatic N) is 2. The lowest BCUT2D eigenvalue weighted by Gasteiger charge is -2.47. The fourth-order valence-electron chi connectivity index (χ4n) is 4.60. The minimum absolute atomic E-state index is 0.408. The highest BCUT2D eigenvalue weighted by Gasteiger charge is 2.45. The maximum absolute atomic E-state index is 2.65. The molecule has 0 N–H and O–H groups in total. The van der Waals surface area contributed by atoms with Crippen LogP contribution in [0.2, 0.25) is 0 Å². The van der Waals surface area contributed by atoms with Crippen LogP contribution < -0.4 is 4.90 Å². The van der Waals surface area contributed by atoms with Gasteiger partial charge in [0.25, 0.3) is 0 Å². The van der Waals surface area contributed by atoms with Crippen molar-refractivity contribution in [2.45, 2.75) is 52.4 Å². The second kappa shape index (κ2) is 5.10. The van der Waals surface area contributed by atoms with E-state index < -0.39 is 0 Å². The lowest BCUT2D eigenvalue weighted by molar-refractivity contribution is 0.131. The van der Waals surface area contributed by atoms with Crippen molar-refractivity contribution in [3.05, 3.63) is 64.2 Å². The summed E-state index contributed by atoms with van der Waals surface area (Å²) in [5, 5.41) is 0. The zero-order chi connectivity index (χ0) is 16.3. The molecule has 1 fully saturated rings. The Hall–Kier alpha value is -1.80. The van der Waals surface area contributed by atoms with Crippen LogP contribution in [0.1, 0.15) is 53.2 Å². The summed E-state index contributed by atoms with van der Waals surface area (Å²) < 4.78 is 0. The number of anilines is 1. The average Bonchev–Trinajstić information content (AvgIpc) is 2.87. The Bertz CT molecular complexity index is 764. The predicted octanol–water partition coefficient (Wildman–Crippen LogP) is 4.90. The third-order valence-corrected chi connectivity index (χ3v) is 6.04. The van der Waals surface area contributed by atoms with Crippen LogP contribution >= 0.6 is 0 Å². The van der Waals surface area contributed by atoms with Crippen LogP contribution in [0, 0.1) is 20.8 Å². The third kappa shape index (κ3) is 2.05. The van der Waals surface area contributed by atoms with E-state index in [1.165, 1.54) is 39.9 Å². The van der Waals surface area contributed by atoms with E-state index >= 15 is 0 Å². The van der Waals surface area contributed by atoms with Gasteiger partial charge in [0.15, 0.2) is 0 Å². The first-order chi connectivity index (χ1) is 11.0. The van der Waals surface area contributed by atoms with Crippen LogP contribution in [0.25, 0.3) is 0 Å². The standard InChI is InChI=1S/C21H26N2/c1-13-10-14(2)15(3)19(11-13)23-16(4)22(5)20-12-21(23)18-9-7-6-8-17(18)20/h6-11,16,20-21H,12H2,1-5H3. The Morgan fingerprint density at radius 2 is 1.61 bits per heavy atom. The van der Waals surface area contributed by atoms with Gasteiger partial charge in [-0.25, -0.2) is 0 Å². The molecule has 0 saturated carbocycles. The average molecular weight is 306 g/mol. The van der Waals surface area contributed by atoms with E-state index in [1.807, 2.05) is 0 Å². The number of fused-ring (bicyclic) bond motifs is 5. The molecule has 120 valence electrons. The molecule has 1 aliphatic heterocycles. The summed E-state index contributed by atoms with van der Waals surface area (Å²) in [4.78, 5) is 5.19. The highest BCUT2D eigenvalue weighted by molar-refractivity contribution is 5.62. The first-order valence-electron chi connectivity index (χ1n) is 8.66. The first kappa shape index (κ1) is 14.8. The van der Waals surface area contributed by atoms with E-state index in [0.29, 0.717) is 18.2 Å². The van der Waals surface area contributed by atoms with Gasteiger partial charge in [-0.15, -0.1) is 0 Å². The van der Waals surface area contributed by atoms with Gasteiger partial charge in [0.1, 0.15) is 0 Å². The Labute approximate surface area is 139 Å². The normalized spacial score (nSPS) is 26.5. The molecule has 0 aromatic heterocycles. The summed E-state index contributed by atoms with van der Waals surface area (Å²) in [6.07, 6.45) is 1.61. The molecule has 0 spiro atoms. The Balaban J connectivity index is 1.90. The smallest absolute Gasteiger partial charge is 0.0801 e. The molecule has 0 radical (unpaired) electrons. The van der Waals surface area contributed by atoms with Gasteiger partial charge in [-0.2, -0.15) is 0 Å². The Morgan fingerprint density at radius 1 is 0.957 bits per heavy atom. The van der Waals surface area contributed by atoms with E-state index in [0.717, 1.165) is 0 Å². The summed E-state index contributed by atoms with van der Waals surface area (Å²) in [7, 11) is 2.28. The molecule has 2 aromatic carbocycles. The van der Waals surface area contributed by atoms with Gasteiger partial charge in [-0.1, -0.05) is 30.3 Å². The van der Waals surface area contributed by atoms with Gasteiger partial charge in [-0.3, -0.25) is 4.90 Å². The van der Waals surface area contributed by atoms with E-state index in [4.69, 9.17) is 0 Å². The predicted molar refractivity (Wildman–Crippen MR) is 96.9 cm³/mol. The van der Waals surface area contributed by atoms with Gasteiger partial charge in [0.2, 0.25) is 0 Å². The number of aryl methyl sites for hydroxylation is 2. The summed E-state index contributed by atoms with van der Waals surface area (Å²) in [6.45, 7) is 9.06. The molecule has 3 unspecified atom stereocenters. The molecule has 1 aliphatic carbocycles. The van der Waals surface area contributed by atoms with Crippen molar-refractivity contribution < 1.29 is 0 Å². The van der Waals surface area contributed by atoms with Crippen molar-refractivity contribution in [3.63, 3.8) is 0 Å². The number of hydrogen-bond donors (Lipinski definition) is 0. The molecule has 1 heterocycles. The fraction of sp³-hybridized carbons (Fsp3) is 0.429. The quantitative estimate of drug-likeness (QED) is 0.739. The topological polar surface area (TPSA) is 6.48 Å². The van der Waals surface area contributed by atoms with Crippen molar-refractivity contribution >= 4 is 5.69 Å². The van der Waals surface area contributed by atoms with Gasteiger partial charge in [0, 0.05) is 11.7 Å². The molecule has 2 aromatic rings. The van der Waals surface area contributed by atoms with Crippen molar-refractivity contribution in [1.82, 2.24) is 4.90 Å². The van der Waals surface area contributed by atoms with Gasteiger partial charge in [-0.05, 0) is 75.0 Å². The monoisotopic (exact) mass is 306 g/mol. The third-order valence-electron chi connectivity index (χ3n) is 6.04. The highest BCUT2D eigenvalue weighted by Crippen LogP contribution is 2.52. The summed E-state index contributed by atoms with van der Waals surface area (Å²) in [5.74, 6) is 0. The van der Waals surface area contributed by atoms with E-state index in [2.05, 4.69) is 80.9 Å². The van der Waals surface area contributed by atoms with Crippen LogP contribution in [-0.2, 0) is 0 Å². The minimum Gasteiger partial charge on any atom is -0.349 e. The molecule has 2 bridgehead atoms. The van der Waals surface area contributed by atoms with E-state index in [-0.39, 0.29) is 0 Å². The van der Waals surface area contributed by atoms with Gasteiger partial charge < -0.3 is 4.90 Å². The van der Waals surface area contributed by atoms with Crippen LogP contribution in [-0.4, -0.2) is 18.1 Å². The van der Waals surface area contributed by atoms with Crippen molar-refractivity contribution in [1.29, 1.82) is 0 Å². The molecule has 2 nitrogen and oxygen atoms in total. The number of benzene rings is 2. The second-order valence-electron chi connectivity index (χ2n) is 7.33. The molecule has 0 amide bonds. The Morgan fingerprint density at radius 3 is 2.30 bits per heavy atom. The van der Waals surface area contributed by atoms with Crippen molar-refractivity contribution in [3.8, 4) is 0 Å². The van der Waals surface area contributed by atoms with Crippen molar-refractivity contribution in [2.75, 3.05) is 11.9 Å². The molecular weight excluding hydrogens is 280 g/mol. The maximum Gasteiger partial charge on any atom is 0.0801 e. The van der Waals surface area contributed by atoms with Gasteiger partial charge in [0.05, 0.1) is 12.2 Å². The zero-order valence-electron chi connectivity index (χ0n) is 14.8. The lowest BCUT2D eigenvalue weighted by Crippen LogP contribution is -2.50. The molecule has 23 heavy (non-hydrogen) atoms. The molecule has 2 heteroatoms. The fourth-order valence-corrected chi connectivity index (χ4v) is 4.60. The molecule has 3 atom stereocenters.